The minimum absolute atomic E-state index is 0.0548. The molecular weight excluding hydrogens is 464 g/mol. The van der Waals surface area contributed by atoms with Crippen LogP contribution < -0.4 is 10.1 Å². The zero-order chi connectivity index (χ0) is 24.3. The average molecular weight is 499 g/mol. The molecule has 3 aliphatic rings. The first-order chi connectivity index (χ1) is 16.9. The number of nitrogens with zero attached hydrogens (tertiary/aromatic N) is 1. The first kappa shape index (κ1) is 24.3. The number of fused-ring (bicyclic) bond motifs is 1. The molecule has 0 radical (unpaired) electrons. The lowest BCUT2D eigenvalue weighted by Crippen LogP contribution is -2.40. The van der Waals surface area contributed by atoms with Gasteiger partial charge in [-0.1, -0.05) is 18.2 Å². The Kier molecular flexibility index (Phi) is 7.41. The summed E-state index contributed by atoms with van der Waals surface area (Å²) >= 11 is 0. The Labute approximate surface area is 207 Å². The van der Waals surface area contributed by atoms with Crippen molar-refractivity contribution in [3.8, 4) is 5.75 Å². The number of sulfone groups is 1. The molecule has 0 spiro atoms. The third kappa shape index (κ3) is 6.42. The molecular formula is C27H34N2O5S. The number of carbonyl (C=O) groups excluding carboxylic acids is 1. The molecule has 188 valence electrons. The molecule has 2 atom stereocenters. The highest BCUT2D eigenvalue weighted by Crippen LogP contribution is 2.24. The smallest absolute Gasteiger partial charge is 0.251 e. The summed E-state index contributed by atoms with van der Waals surface area (Å²) in [6.07, 6.45) is 4.97. The second-order valence-electron chi connectivity index (χ2n) is 9.91. The molecule has 0 aromatic heterocycles. The van der Waals surface area contributed by atoms with Gasteiger partial charge in [0.25, 0.3) is 5.91 Å². The van der Waals surface area contributed by atoms with E-state index < -0.39 is 9.84 Å². The maximum Gasteiger partial charge on any atom is 0.251 e. The van der Waals surface area contributed by atoms with Crippen LogP contribution in [0.5, 0.6) is 5.75 Å². The Morgan fingerprint density at radius 2 is 1.86 bits per heavy atom. The highest BCUT2D eigenvalue weighted by Gasteiger charge is 2.24. The standard InChI is InChI=1S/C27H34N2O5S/c30-27(21-6-9-25(10-7-21)34-19-26-2-1-13-33-26)28-24-8-5-22-16-20(3-4-23(22)17-24)18-29-11-14-35(31,32)15-12-29/h3-4,6-7,9-10,16,24,26H,1-2,5,8,11-15,17-19H2,(H,28,30)/t24-,26-/m0/s1. The summed E-state index contributed by atoms with van der Waals surface area (Å²) in [5.41, 5.74) is 4.49. The fourth-order valence-electron chi connectivity index (χ4n) is 5.13. The number of ether oxygens (including phenoxy) is 2. The zero-order valence-corrected chi connectivity index (χ0v) is 20.9. The molecule has 2 aromatic carbocycles. The van der Waals surface area contributed by atoms with Gasteiger partial charge in [-0.15, -0.1) is 0 Å². The molecule has 2 aliphatic heterocycles. The number of nitrogens with one attached hydrogen (secondary N) is 1. The minimum atomic E-state index is -2.85. The Balaban J connectivity index is 1.11. The van der Waals surface area contributed by atoms with Gasteiger partial charge in [-0.25, -0.2) is 8.42 Å². The molecule has 5 rings (SSSR count). The lowest BCUT2D eigenvalue weighted by Gasteiger charge is -2.28. The third-order valence-corrected chi connectivity index (χ3v) is 8.86. The van der Waals surface area contributed by atoms with Gasteiger partial charge in [0.1, 0.15) is 12.4 Å². The number of carbonyl (C=O) groups is 1. The second-order valence-corrected chi connectivity index (χ2v) is 12.2. The largest absolute Gasteiger partial charge is 0.491 e. The molecule has 7 nitrogen and oxygen atoms in total. The number of hydrogen-bond acceptors (Lipinski definition) is 6. The molecule has 0 saturated carbocycles. The van der Waals surface area contributed by atoms with E-state index >= 15 is 0 Å². The van der Waals surface area contributed by atoms with Crippen molar-refractivity contribution in [2.75, 3.05) is 37.8 Å². The van der Waals surface area contributed by atoms with Gasteiger partial charge >= 0.3 is 0 Å². The van der Waals surface area contributed by atoms with Crippen LogP contribution in [0, 0.1) is 0 Å². The van der Waals surface area contributed by atoms with Gasteiger partial charge in [-0.05, 0) is 73.1 Å². The van der Waals surface area contributed by atoms with Crippen LogP contribution in [0.3, 0.4) is 0 Å². The van der Waals surface area contributed by atoms with Gasteiger partial charge in [0, 0.05) is 37.8 Å². The molecule has 2 fully saturated rings. The van der Waals surface area contributed by atoms with E-state index in [0.29, 0.717) is 25.3 Å². The first-order valence-corrected chi connectivity index (χ1v) is 14.4. The van der Waals surface area contributed by atoms with Crippen molar-refractivity contribution in [2.45, 2.75) is 50.8 Å². The second kappa shape index (κ2) is 10.7. The highest BCUT2D eigenvalue weighted by molar-refractivity contribution is 7.91. The first-order valence-electron chi connectivity index (χ1n) is 12.6. The van der Waals surface area contributed by atoms with E-state index in [2.05, 4.69) is 28.4 Å². The van der Waals surface area contributed by atoms with Gasteiger partial charge in [0.05, 0.1) is 17.6 Å². The topological polar surface area (TPSA) is 84.9 Å². The molecule has 1 amide bonds. The number of benzene rings is 2. The van der Waals surface area contributed by atoms with Gasteiger partial charge in [0.2, 0.25) is 0 Å². The molecule has 1 N–H and O–H groups in total. The summed E-state index contributed by atoms with van der Waals surface area (Å²) in [6, 6.07) is 14.0. The predicted octanol–water partition coefficient (Wildman–Crippen LogP) is 2.76. The van der Waals surface area contributed by atoms with E-state index in [-0.39, 0.29) is 29.6 Å². The summed E-state index contributed by atoms with van der Waals surface area (Å²) in [5, 5.41) is 3.20. The predicted molar refractivity (Wildman–Crippen MR) is 135 cm³/mol. The van der Waals surface area contributed by atoms with Gasteiger partial charge < -0.3 is 14.8 Å². The zero-order valence-electron chi connectivity index (χ0n) is 20.1. The summed E-state index contributed by atoms with van der Waals surface area (Å²) in [4.78, 5) is 15.0. The van der Waals surface area contributed by atoms with Crippen LogP contribution in [0.2, 0.25) is 0 Å². The van der Waals surface area contributed by atoms with Crippen LogP contribution in [0.15, 0.2) is 42.5 Å². The van der Waals surface area contributed by atoms with Crippen LogP contribution in [0.4, 0.5) is 0 Å². The Hall–Kier alpha value is -2.42. The van der Waals surface area contributed by atoms with E-state index in [1.807, 2.05) is 24.3 Å². The summed E-state index contributed by atoms with van der Waals surface area (Å²) in [6.45, 7) is 3.36. The Bertz CT molecular complexity index is 1130. The highest BCUT2D eigenvalue weighted by atomic mass is 32.2. The SMILES string of the molecule is O=C(N[C@H]1CCc2cc(CN3CCS(=O)(=O)CC3)ccc2C1)c1ccc(OC[C@@H]2CCCO2)cc1. The number of rotatable bonds is 7. The molecule has 8 heteroatoms. The van der Waals surface area contributed by atoms with Gasteiger partial charge in [-0.3, -0.25) is 9.69 Å². The molecule has 1 aliphatic carbocycles. The normalized spacial score (nSPS) is 24.0. The molecule has 0 bridgehead atoms. The molecule has 2 heterocycles. The number of hydrogen-bond donors (Lipinski definition) is 1. The molecule has 2 aromatic rings. The van der Waals surface area contributed by atoms with Crippen molar-refractivity contribution < 1.29 is 22.7 Å². The fraction of sp³-hybridized carbons (Fsp3) is 0.519. The van der Waals surface area contributed by atoms with Crippen LogP contribution in [-0.2, 0) is 34.0 Å². The third-order valence-electron chi connectivity index (χ3n) is 7.25. The summed E-state index contributed by atoms with van der Waals surface area (Å²) in [5.74, 6) is 1.21. The molecule has 35 heavy (non-hydrogen) atoms. The molecule has 0 unspecified atom stereocenters. The van der Waals surface area contributed by atoms with Crippen molar-refractivity contribution >= 4 is 15.7 Å². The number of aryl methyl sites for hydroxylation is 1. The maximum atomic E-state index is 12.8. The number of amides is 1. The van der Waals surface area contributed by atoms with E-state index in [4.69, 9.17) is 9.47 Å². The average Bonchev–Trinajstić information content (AvgIpc) is 3.38. The van der Waals surface area contributed by atoms with E-state index in [0.717, 1.165) is 51.0 Å². The van der Waals surface area contributed by atoms with Crippen LogP contribution in [0.1, 0.15) is 46.3 Å². The summed E-state index contributed by atoms with van der Waals surface area (Å²) in [7, 11) is -2.85. The van der Waals surface area contributed by atoms with Crippen molar-refractivity contribution in [1.82, 2.24) is 10.2 Å². The Morgan fingerprint density at radius 1 is 1.06 bits per heavy atom. The van der Waals surface area contributed by atoms with Crippen LogP contribution >= 0.6 is 0 Å². The van der Waals surface area contributed by atoms with Gasteiger partial charge in [0.15, 0.2) is 9.84 Å². The van der Waals surface area contributed by atoms with Crippen molar-refractivity contribution in [3.63, 3.8) is 0 Å². The monoisotopic (exact) mass is 498 g/mol. The van der Waals surface area contributed by atoms with Gasteiger partial charge in [-0.2, -0.15) is 0 Å². The maximum absolute atomic E-state index is 12.8. The quantitative estimate of drug-likeness (QED) is 0.632. The van der Waals surface area contributed by atoms with E-state index in [9.17, 15) is 13.2 Å². The Morgan fingerprint density at radius 3 is 2.60 bits per heavy atom. The van der Waals surface area contributed by atoms with E-state index in [1.165, 1.54) is 16.7 Å². The fourth-order valence-corrected chi connectivity index (χ4v) is 6.41. The molecule has 2 saturated heterocycles. The van der Waals surface area contributed by atoms with Crippen LogP contribution in [-0.4, -0.2) is 69.2 Å². The minimum Gasteiger partial charge on any atom is -0.491 e. The van der Waals surface area contributed by atoms with Crippen LogP contribution in [0.25, 0.3) is 0 Å². The lowest BCUT2D eigenvalue weighted by atomic mass is 9.87. The van der Waals surface area contributed by atoms with E-state index in [1.54, 1.807) is 0 Å². The summed E-state index contributed by atoms with van der Waals surface area (Å²) < 4.78 is 34.7. The van der Waals surface area contributed by atoms with Crippen molar-refractivity contribution in [1.29, 1.82) is 0 Å². The van der Waals surface area contributed by atoms with Crippen molar-refractivity contribution in [2.24, 2.45) is 0 Å². The lowest BCUT2D eigenvalue weighted by molar-refractivity contribution is 0.0679. The van der Waals surface area contributed by atoms with Crippen molar-refractivity contribution in [3.05, 3.63) is 64.7 Å².